The molecule has 0 aliphatic carbocycles. The molecule has 1 aromatic rings. The summed E-state index contributed by atoms with van der Waals surface area (Å²) in [5.41, 5.74) is 1.44. The lowest BCUT2D eigenvalue weighted by atomic mass is 10.1. The highest BCUT2D eigenvalue weighted by molar-refractivity contribution is 7.86. The number of hydrogen-bond acceptors (Lipinski definition) is 2. The van der Waals surface area contributed by atoms with Crippen LogP contribution in [0.3, 0.4) is 0 Å². The van der Waals surface area contributed by atoms with Gasteiger partial charge < -0.3 is 4.72 Å². The lowest BCUT2D eigenvalue weighted by molar-refractivity contribution is 0.101. The molecule has 0 aliphatic rings. The SMILES string of the molecule is CCCC.CCS(=O)Nc1ccc(C(C)=O)cc1. The molecule has 1 atom stereocenters. The third-order valence-corrected chi connectivity index (χ3v) is 3.27. The zero-order chi connectivity index (χ0) is 14.0. The third-order valence-electron chi connectivity index (χ3n) is 2.29. The average Bonchev–Trinajstić information content (AvgIpc) is 2.39. The molecule has 3 nitrogen and oxygen atoms in total. The predicted octanol–water partition coefficient (Wildman–Crippen LogP) is 3.79. The van der Waals surface area contributed by atoms with Gasteiger partial charge in [0.1, 0.15) is 11.0 Å². The van der Waals surface area contributed by atoms with Crippen molar-refractivity contribution in [2.75, 3.05) is 10.5 Å². The number of rotatable bonds is 5. The molecular formula is C14H23NO2S. The Morgan fingerprint density at radius 1 is 1.11 bits per heavy atom. The fraction of sp³-hybridized carbons (Fsp3) is 0.500. The van der Waals surface area contributed by atoms with E-state index in [0.29, 0.717) is 11.3 Å². The van der Waals surface area contributed by atoms with Crippen LogP contribution in [0.25, 0.3) is 0 Å². The molecule has 1 N–H and O–H groups in total. The summed E-state index contributed by atoms with van der Waals surface area (Å²) in [5, 5.41) is 0. The van der Waals surface area contributed by atoms with E-state index in [4.69, 9.17) is 0 Å². The van der Waals surface area contributed by atoms with E-state index in [0.717, 1.165) is 5.69 Å². The first-order valence-electron chi connectivity index (χ1n) is 6.31. The van der Waals surface area contributed by atoms with Gasteiger partial charge in [0, 0.05) is 17.0 Å². The second-order valence-electron chi connectivity index (χ2n) is 3.87. The van der Waals surface area contributed by atoms with E-state index in [9.17, 15) is 9.00 Å². The highest BCUT2D eigenvalue weighted by Gasteiger charge is 2.00. The van der Waals surface area contributed by atoms with Gasteiger partial charge in [-0.3, -0.25) is 4.79 Å². The standard InChI is InChI=1S/C10H13NO2S.C4H10/c1-3-14(13)11-10-6-4-9(5-7-10)8(2)12;1-3-4-2/h4-7,11H,3H2,1-2H3;3-4H2,1-2H3. The Bertz CT molecular complexity index is 372. The molecule has 0 saturated heterocycles. The van der Waals surface area contributed by atoms with Crippen LogP contribution < -0.4 is 4.72 Å². The van der Waals surface area contributed by atoms with Crippen LogP contribution in [-0.2, 0) is 11.0 Å². The summed E-state index contributed by atoms with van der Waals surface area (Å²) in [6.07, 6.45) is 2.64. The van der Waals surface area contributed by atoms with Crippen molar-refractivity contribution in [2.45, 2.75) is 40.5 Å². The van der Waals surface area contributed by atoms with Crippen LogP contribution >= 0.6 is 0 Å². The molecule has 0 fully saturated rings. The molecule has 1 aromatic carbocycles. The summed E-state index contributed by atoms with van der Waals surface area (Å²) in [5.74, 6) is 0.599. The molecule has 18 heavy (non-hydrogen) atoms. The van der Waals surface area contributed by atoms with E-state index in [1.807, 2.05) is 6.92 Å². The molecule has 0 aromatic heterocycles. The second-order valence-corrected chi connectivity index (χ2v) is 5.34. The molecule has 0 amide bonds. The minimum atomic E-state index is -1.03. The first-order valence-corrected chi connectivity index (χ1v) is 7.63. The van der Waals surface area contributed by atoms with Crippen molar-refractivity contribution in [3.05, 3.63) is 29.8 Å². The van der Waals surface area contributed by atoms with Crippen molar-refractivity contribution in [3.8, 4) is 0 Å². The zero-order valence-corrected chi connectivity index (χ0v) is 12.5. The molecule has 0 radical (unpaired) electrons. The van der Waals surface area contributed by atoms with E-state index in [-0.39, 0.29) is 5.78 Å². The Kier molecular flexibility index (Phi) is 9.19. The van der Waals surface area contributed by atoms with Crippen molar-refractivity contribution in [2.24, 2.45) is 0 Å². The Morgan fingerprint density at radius 3 is 1.94 bits per heavy atom. The number of unbranched alkanes of at least 4 members (excludes halogenated alkanes) is 1. The maximum atomic E-state index is 11.1. The molecule has 102 valence electrons. The quantitative estimate of drug-likeness (QED) is 0.827. The van der Waals surface area contributed by atoms with Gasteiger partial charge in [0.05, 0.1) is 0 Å². The van der Waals surface area contributed by atoms with Crippen molar-refractivity contribution in [3.63, 3.8) is 0 Å². The average molecular weight is 269 g/mol. The van der Waals surface area contributed by atoms with E-state index in [1.54, 1.807) is 24.3 Å². The van der Waals surface area contributed by atoms with Crippen LogP contribution in [-0.4, -0.2) is 15.7 Å². The molecule has 0 aliphatic heterocycles. The summed E-state index contributed by atoms with van der Waals surface area (Å²) < 4.78 is 14.0. The van der Waals surface area contributed by atoms with E-state index >= 15 is 0 Å². The number of benzene rings is 1. The van der Waals surface area contributed by atoms with Crippen LogP contribution in [0.1, 0.15) is 50.9 Å². The summed E-state index contributed by atoms with van der Waals surface area (Å²) in [6.45, 7) is 7.72. The van der Waals surface area contributed by atoms with Crippen molar-refractivity contribution in [1.82, 2.24) is 0 Å². The first kappa shape index (κ1) is 16.8. The molecule has 4 heteroatoms. The maximum Gasteiger partial charge on any atom is 0.159 e. The lowest BCUT2D eigenvalue weighted by Gasteiger charge is -2.04. The Balaban J connectivity index is 0.000000631. The molecule has 1 unspecified atom stereocenters. The van der Waals surface area contributed by atoms with E-state index < -0.39 is 11.0 Å². The van der Waals surface area contributed by atoms with Crippen LogP contribution in [0.2, 0.25) is 0 Å². The van der Waals surface area contributed by atoms with E-state index in [1.165, 1.54) is 19.8 Å². The minimum Gasteiger partial charge on any atom is -0.305 e. The van der Waals surface area contributed by atoms with Gasteiger partial charge in [0.25, 0.3) is 0 Å². The molecular weight excluding hydrogens is 246 g/mol. The van der Waals surface area contributed by atoms with Crippen LogP contribution in [0.5, 0.6) is 0 Å². The summed E-state index contributed by atoms with van der Waals surface area (Å²) in [4.78, 5) is 11.0. The third kappa shape index (κ3) is 7.22. The highest BCUT2D eigenvalue weighted by Crippen LogP contribution is 2.10. The van der Waals surface area contributed by atoms with Gasteiger partial charge in [-0.15, -0.1) is 0 Å². The lowest BCUT2D eigenvalue weighted by Crippen LogP contribution is -2.06. The van der Waals surface area contributed by atoms with E-state index in [2.05, 4.69) is 18.6 Å². The van der Waals surface area contributed by atoms with Gasteiger partial charge in [-0.1, -0.05) is 33.6 Å². The van der Waals surface area contributed by atoms with Crippen LogP contribution in [0, 0.1) is 0 Å². The number of carbonyl (C=O) groups is 1. The Morgan fingerprint density at radius 2 is 1.61 bits per heavy atom. The Labute approximate surface area is 113 Å². The van der Waals surface area contributed by atoms with Gasteiger partial charge in [0.15, 0.2) is 5.78 Å². The zero-order valence-electron chi connectivity index (χ0n) is 11.7. The number of nitrogens with one attached hydrogen (secondary N) is 1. The van der Waals surface area contributed by atoms with Crippen molar-refractivity contribution < 1.29 is 9.00 Å². The van der Waals surface area contributed by atoms with Gasteiger partial charge in [-0.05, 0) is 31.2 Å². The number of ketones is 1. The summed E-state index contributed by atoms with van der Waals surface area (Å²) in [7, 11) is -1.03. The van der Waals surface area contributed by atoms with Gasteiger partial charge in [-0.25, -0.2) is 4.21 Å². The van der Waals surface area contributed by atoms with Crippen molar-refractivity contribution >= 4 is 22.5 Å². The summed E-state index contributed by atoms with van der Waals surface area (Å²) >= 11 is 0. The molecule has 1 rings (SSSR count). The number of Topliss-reactive ketones (excluding diaryl/α,β-unsaturated/α-hetero) is 1. The number of carbonyl (C=O) groups excluding carboxylic acids is 1. The second kappa shape index (κ2) is 9.83. The minimum absolute atomic E-state index is 0.0353. The maximum absolute atomic E-state index is 11.1. The van der Waals surface area contributed by atoms with Crippen molar-refractivity contribution in [1.29, 1.82) is 0 Å². The molecule has 0 saturated carbocycles. The molecule has 0 spiro atoms. The highest BCUT2D eigenvalue weighted by atomic mass is 32.2. The van der Waals surface area contributed by atoms with Crippen LogP contribution in [0.4, 0.5) is 5.69 Å². The molecule has 0 bridgehead atoms. The number of anilines is 1. The largest absolute Gasteiger partial charge is 0.305 e. The topological polar surface area (TPSA) is 46.2 Å². The Hall–Kier alpha value is -1.16. The normalized spacial score (nSPS) is 11.1. The van der Waals surface area contributed by atoms with Gasteiger partial charge in [-0.2, -0.15) is 0 Å². The van der Waals surface area contributed by atoms with Crippen LogP contribution in [0.15, 0.2) is 24.3 Å². The smallest absolute Gasteiger partial charge is 0.159 e. The first-order chi connectivity index (χ1) is 8.54. The molecule has 0 heterocycles. The number of hydrogen-bond donors (Lipinski definition) is 1. The monoisotopic (exact) mass is 269 g/mol. The fourth-order valence-corrected chi connectivity index (χ4v) is 1.52. The predicted molar refractivity (Wildman–Crippen MR) is 79.3 cm³/mol. The van der Waals surface area contributed by atoms with Gasteiger partial charge >= 0.3 is 0 Å². The summed E-state index contributed by atoms with van der Waals surface area (Å²) in [6, 6.07) is 6.95. The van der Waals surface area contributed by atoms with Gasteiger partial charge in [0.2, 0.25) is 0 Å². The fourth-order valence-electron chi connectivity index (χ4n) is 0.977.